The number of carbonyl (C=O) groups is 6. The van der Waals surface area contributed by atoms with Crippen molar-refractivity contribution in [1.82, 2.24) is 25.9 Å². The highest BCUT2D eigenvalue weighted by atomic mass is 16.4. The van der Waals surface area contributed by atoms with Crippen LogP contribution in [0.2, 0.25) is 0 Å². The molecule has 15 heteroatoms. The molecular formula is C21H32N6O9. The number of carboxylic acids is 3. The van der Waals surface area contributed by atoms with Crippen LogP contribution in [0.25, 0.3) is 0 Å². The van der Waals surface area contributed by atoms with Gasteiger partial charge in [-0.2, -0.15) is 0 Å². The molecule has 0 saturated carbocycles. The number of carboxylic acid groups (broad SMARTS) is 3. The third kappa shape index (κ3) is 10.9. The van der Waals surface area contributed by atoms with Gasteiger partial charge in [0.25, 0.3) is 0 Å². The first-order chi connectivity index (χ1) is 16.8. The molecule has 0 aliphatic heterocycles. The average molecular weight is 513 g/mol. The Bertz CT molecular complexity index is 934. The molecule has 200 valence electrons. The van der Waals surface area contributed by atoms with Crippen LogP contribution in [0.3, 0.4) is 0 Å². The lowest BCUT2D eigenvalue weighted by atomic mass is 10.0. The molecule has 1 aromatic heterocycles. The molecule has 0 aliphatic carbocycles. The summed E-state index contributed by atoms with van der Waals surface area (Å²) in [5, 5.41) is 34.0. The van der Waals surface area contributed by atoms with Crippen LogP contribution in [0.5, 0.6) is 0 Å². The first-order valence-corrected chi connectivity index (χ1v) is 11.1. The molecule has 0 aromatic carbocycles. The van der Waals surface area contributed by atoms with Crippen LogP contribution in [0.15, 0.2) is 12.5 Å². The zero-order valence-electron chi connectivity index (χ0n) is 19.9. The SMILES string of the molecule is CC(C)CC(N)C(=O)NC(Cc1cnc[nH]1)C(=O)NC(CC(=O)O)C(=O)NC(CCC(=O)O)C(=O)O. The number of rotatable bonds is 16. The lowest BCUT2D eigenvalue weighted by Gasteiger charge is -2.24. The van der Waals surface area contributed by atoms with Gasteiger partial charge in [0.05, 0.1) is 18.8 Å². The van der Waals surface area contributed by atoms with Crippen LogP contribution >= 0.6 is 0 Å². The Balaban J connectivity index is 3.05. The van der Waals surface area contributed by atoms with Crippen molar-refractivity contribution in [2.24, 2.45) is 11.7 Å². The topological polar surface area (TPSA) is 254 Å². The van der Waals surface area contributed by atoms with Crippen molar-refractivity contribution in [2.45, 2.75) is 70.1 Å². The number of imidazole rings is 1. The van der Waals surface area contributed by atoms with Crippen molar-refractivity contribution < 1.29 is 44.1 Å². The number of carbonyl (C=O) groups excluding carboxylic acids is 3. The summed E-state index contributed by atoms with van der Waals surface area (Å²) in [5.41, 5.74) is 6.34. The van der Waals surface area contributed by atoms with Crippen LogP contribution < -0.4 is 21.7 Å². The van der Waals surface area contributed by atoms with E-state index >= 15 is 0 Å². The van der Waals surface area contributed by atoms with Gasteiger partial charge in [-0.15, -0.1) is 0 Å². The Morgan fingerprint density at radius 1 is 0.917 bits per heavy atom. The summed E-state index contributed by atoms with van der Waals surface area (Å²) in [6.45, 7) is 3.72. The molecule has 1 rings (SSSR count). The molecule has 9 N–H and O–H groups in total. The van der Waals surface area contributed by atoms with Crippen molar-refractivity contribution >= 4 is 35.6 Å². The number of H-pyrrole nitrogens is 1. The maximum absolute atomic E-state index is 13.0. The third-order valence-corrected chi connectivity index (χ3v) is 4.95. The second-order valence-electron chi connectivity index (χ2n) is 8.57. The first kappa shape index (κ1) is 30.0. The van der Waals surface area contributed by atoms with Crippen molar-refractivity contribution in [2.75, 3.05) is 0 Å². The molecule has 3 amide bonds. The number of aromatic amines is 1. The van der Waals surface area contributed by atoms with Crippen molar-refractivity contribution in [3.05, 3.63) is 18.2 Å². The van der Waals surface area contributed by atoms with E-state index in [1.165, 1.54) is 12.5 Å². The predicted octanol–water partition coefficient (Wildman–Crippen LogP) is -1.80. The van der Waals surface area contributed by atoms with Gasteiger partial charge in [0.2, 0.25) is 17.7 Å². The van der Waals surface area contributed by atoms with Crippen molar-refractivity contribution in [3.8, 4) is 0 Å². The fourth-order valence-corrected chi connectivity index (χ4v) is 3.17. The monoisotopic (exact) mass is 512 g/mol. The molecular weight excluding hydrogens is 480 g/mol. The van der Waals surface area contributed by atoms with E-state index in [9.17, 15) is 39.0 Å². The molecule has 36 heavy (non-hydrogen) atoms. The Hall–Kier alpha value is -4.01. The molecule has 0 saturated heterocycles. The van der Waals surface area contributed by atoms with Crippen LogP contribution in [0.1, 0.15) is 45.2 Å². The second-order valence-corrected chi connectivity index (χ2v) is 8.57. The van der Waals surface area contributed by atoms with Crippen molar-refractivity contribution in [3.63, 3.8) is 0 Å². The highest BCUT2D eigenvalue weighted by Crippen LogP contribution is 2.06. The number of aromatic nitrogens is 2. The van der Waals surface area contributed by atoms with Gasteiger partial charge in [0.1, 0.15) is 18.1 Å². The van der Waals surface area contributed by atoms with E-state index in [4.69, 9.17) is 10.8 Å². The van der Waals surface area contributed by atoms with E-state index in [1.807, 2.05) is 19.2 Å². The predicted molar refractivity (Wildman–Crippen MR) is 122 cm³/mol. The van der Waals surface area contributed by atoms with Gasteiger partial charge in [0.15, 0.2) is 0 Å². The van der Waals surface area contributed by atoms with E-state index in [-0.39, 0.29) is 12.3 Å². The van der Waals surface area contributed by atoms with Crippen LogP contribution in [-0.2, 0) is 35.2 Å². The van der Waals surface area contributed by atoms with Gasteiger partial charge in [-0.05, 0) is 18.8 Å². The molecule has 0 bridgehead atoms. The van der Waals surface area contributed by atoms with E-state index in [1.54, 1.807) is 0 Å². The summed E-state index contributed by atoms with van der Waals surface area (Å²) in [4.78, 5) is 78.2. The number of nitrogens with one attached hydrogen (secondary N) is 4. The lowest BCUT2D eigenvalue weighted by molar-refractivity contribution is -0.144. The number of amides is 3. The summed E-state index contributed by atoms with van der Waals surface area (Å²) >= 11 is 0. The second kappa shape index (κ2) is 14.4. The van der Waals surface area contributed by atoms with Crippen LogP contribution in [0, 0.1) is 5.92 Å². The summed E-state index contributed by atoms with van der Waals surface area (Å²) in [6.07, 6.45) is 1.06. The molecule has 0 spiro atoms. The third-order valence-electron chi connectivity index (χ3n) is 4.95. The van der Waals surface area contributed by atoms with Gasteiger partial charge in [-0.1, -0.05) is 13.8 Å². The molecule has 1 heterocycles. The van der Waals surface area contributed by atoms with Crippen LogP contribution in [-0.4, -0.2) is 85.1 Å². The Morgan fingerprint density at radius 2 is 1.50 bits per heavy atom. The van der Waals surface area contributed by atoms with Gasteiger partial charge in [-0.25, -0.2) is 9.78 Å². The molecule has 0 fully saturated rings. The molecule has 1 aromatic rings. The smallest absolute Gasteiger partial charge is 0.326 e. The fourth-order valence-electron chi connectivity index (χ4n) is 3.17. The Kier molecular flexibility index (Phi) is 12.0. The number of nitrogens with zero attached hydrogens (tertiary/aromatic N) is 1. The Morgan fingerprint density at radius 3 is 2.00 bits per heavy atom. The van der Waals surface area contributed by atoms with E-state index in [0.717, 1.165) is 0 Å². The van der Waals surface area contributed by atoms with Crippen LogP contribution in [0.4, 0.5) is 0 Å². The molecule has 0 aliphatic rings. The maximum atomic E-state index is 13.0. The van der Waals surface area contributed by atoms with Gasteiger partial charge >= 0.3 is 17.9 Å². The summed E-state index contributed by atoms with van der Waals surface area (Å²) in [7, 11) is 0. The van der Waals surface area contributed by atoms with Gasteiger partial charge in [-0.3, -0.25) is 24.0 Å². The Labute approximate surface area is 206 Å². The minimum Gasteiger partial charge on any atom is -0.481 e. The maximum Gasteiger partial charge on any atom is 0.326 e. The first-order valence-electron chi connectivity index (χ1n) is 11.1. The largest absolute Gasteiger partial charge is 0.481 e. The minimum atomic E-state index is -1.72. The normalized spacial score (nSPS) is 14.2. The zero-order chi connectivity index (χ0) is 27.4. The molecule has 4 atom stereocenters. The van der Waals surface area contributed by atoms with E-state index < -0.39 is 79.1 Å². The molecule has 0 radical (unpaired) electrons. The highest BCUT2D eigenvalue weighted by molar-refractivity contribution is 5.95. The summed E-state index contributed by atoms with van der Waals surface area (Å²) in [5.74, 6) is -6.91. The van der Waals surface area contributed by atoms with Gasteiger partial charge < -0.3 is 42.0 Å². The summed E-state index contributed by atoms with van der Waals surface area (Å²) in [6, 6.07) is -5.54. The average Bonchev–Trinajstić information content (AvgIpc) is 3.27. The minimum absolute atomic E-state index is 0.0935. The standard InChI is InChI=1S/C21H32N6O9/c1-10(2)5-12(22)18(32)26-14(6-11-8-23-9-24-11)19(33)27-15(7-17(30)31)20(34)25-13(21(35)36)3-4-16(28)29/h8-10,12-15H,3-7,22H2,1-2H3,(H,23,24)(H,25,34)(H,26,32)(H,27,33)(H,28,29)(H,30,31)(H,35,36). The zero-order valence-corrected chi connectivity index (χ0v) is 19.9. The highest BCUT2D eigenvalue weighted by Gasteiger charge is 2.32. The van der Waals surface area contributed by atoms with E-state index in [0.29, 0.717) is 12.1 Å². The molecule has 4 unspecified atom stereocenters. The number of aliphatic carboxylic acids is 3. The number of hydrogen-bond acceptors (Lipinski definition) is 8. The molecule has 15 nitrogen and oxygen atoms in total. The van der Waals surface area contributed by atoms with E-state index in [2.05, 4.69) is 20.6 Å². The lowest BCUT2D eigenvalue weighted by Crippen LogP contribution is -2.58. The van der Waals surface area contributed by atoms with Crippen molar-refractivity contribution in [1.29, 1.82) is 0 Å². The quantitative estimate of drug-likeness (QED) is 0.123. The van der Waals surface area contributed by atoms with Gasteiger partial charge in [0, 0.05) is 24.7 Å². The number of hydrogen-bond donors (Lipinski definition) is 8. The summed E-state index contributed by atoms with van der Waals surface area (Å²) < 4.78 is 0. The fraction of sp³-hybridized carbons (Fsp3) is 0.571. The number of nitrogens with two attached hydrogens (primary N) is 1.